The number of fused-ring (bicyclic) bond motifs is 7. The number of hydrogen-bond donors (Lipinski definition) is 2. The molecule has 1 spiro atoms. The van der Waals surface area contributed by atoms with E-state index in [4.69, 9.17) is 9.47 Å². The third-order valence-corrected chi connectivity index (χ3v) is 14.1. The molecule has 0 aromatic rings. The summed E-state index contributed by atoms with van der Waals surface area (Å²) in [6, 6.07) is 0. The maximum Gasteiger partial charge on any atom is 0.330 e. The van der Waals surface area contributed by atoms with E-state index in [1.165, 1.54) is 11.6 Å². The molecule has 0 aromatic heterocycles. The minimum atomic E-state index is -1.11. The van der Waals surface area contributed by atoms with Gasteiger partial charge in [-0.15, -0.1) is 0 Å². The molecule has 41 heavy (non-hydrogen) atoms. The summed E-state index contributed by atoms with van der Waals surface area (Å²) < 4.78 is 12.4. The highest BCUT2D eigenvalue weighted by molar-refractivity contribution is 5.84. The monoisotopic (exact) mass is 568 g/mol. The van der Waals surface area contributed by atoms with Gasteiger partial charge in [0.1, 0.15) is 11.5 Å². The summed E-state index contributed by atoms with van der Waals surface area (Å²) in [5.74, 6) is -1.63. The predicted octanol–water partition coefficient (Wildman–Crippen LogP) is 7.06. The van der Waals surface area contributed by atoms with Crippen LogP contribution in [0.5, 0.6) is 0 Å². The van der Waals surface area contributed by atoms with Crippen LogP contribution in [0.3, 0.4) is 0 Å². The van der Waals surface area contributed by atoms with E-state index in [0.29, 0.717) is 37.7 Å². The SMILES string of the molecule is CC(C)=CC(=O)O[C@@H]1CC(C)(C)C[C@H]2C3=CC[C@@H]4[C@]56CC[C@](O)(OC5)C(C)(C)[C@@H]6CC[C@@]4(C)[C@]3(C)CC[C@@]12C(=O)O. The Kier molecular flexibility index (Phi) is 6.25. The lowest BCUT2D eigenvalue weighted by molar-refractivity contribution is -0.395. The number of carboxylic acid groups (broad SMARTS) is 1. The zero-order valence-corrected chi connectivity index (χ0v) is 26.6. The molecule has 0 aromatic carbocycles. The Balaban J connectivity index is 1.44. The molecule has 0 amide bonds. The average molecular weight is 569 g/mol. The molecule has 4 saturated carbocycles. The number of carbonyl (C=O) groups is 2. The van der Waals surface area contributed by atoms with Crippen LogP contribution < -0.4 is 0 Å². The largest absolute Gasteiger partial charge is 0.481 e. The molecule has 7 aliphatic rings. The van der Waals surface area contributed by atoms with Crippen molar-refractivity contribution in [2.75, 3.05) is 6.61 Å². The van der Waals surface area contributed by atoms with Gasteiger partial charge in [0.15, 0.2) is 5.79 Å². The normalized spacial score (nSPS) is 48.9. The van der Waals surface area contributed by atoms with Crippen LogP contribution in [0.4, 0.5) is 0 Å². The van der Waals surface area contributed by atoms with E-state index in [1.54, 1.807) is 0 Å². The van der Waals surface area contributed by atoms with Gasteiger partial charge in [-0.25, -0.2) is 4.79 Å². The number of carbonyl (C=O) groups excluding carboxylic acids is 1. The number of aliphatic carboxylic acids is 1. The van der Waals surface area contributed by atoms with Crippen LogP contribution in [0.25, 0.3) is 0 Å². The fraction of sp³-hybridized carbons (Fsp3) is 0.829. The summed E-state index contributed by atoms with van der Waals surface area (Å²) in [6.07, 6.45) is 10.6. The Hall–Kier alpha value is -1.66. The zero-order valence-electron chi connectivity index (χ0n) is 26.6. The Morgan fingerprint density at radius 1 is 0.976 bits per heavy atom. The topological polar surface area (TPSA) is 93.1 Å². The van der Waals surface area contributed by atoms with E-state index < -0.39 is 29.2 Å². The van der Waals surface area contributed by atoms with Gasteiger partial charge in [0.25, 0.3) is 0 Å². The maximum absolute atomic E-state index is 13.4. The van der Waals surface area contributed by atoms with Crippen molar-refractivity contribution in [3.8, 4) is 0 Å². The van der Waals surface area contributed by atoms with Crippen molar-refractivity contribution in [3.63, 3.8) is 0 Å². The average Bonchev–Trinajstić information content (AvgIpc) is 2.84. The summed E-state index contributed by atoms with van der Waals surface area (Å²) in [4.78, 5) is 26.3. The van der Waals surface area contributed by atoms with Crippen LogP contribution >= 0.6 is 0 Å². The lowest BCUT2D eigenvalue weighted by Gasteiger charge is -2.74. The van der Waals surface area contributed by atoms with Gasteiger partial charge < -0.3 is 19.7 Å². The molecule has 9 atom stereocenters. The molecule has 6 fully saturated rings. The van der Waals surface area contributed by atoms with Gasteiger partial charge in [-0.05, 0) is 93.3 Å². The van der Waals surface area contributed by atoms with Gasteiger partial charge in [-0.2, -0.15) is 0 Å². The lowest BCUT2D eigenvalue weighted by Crippen LogP contribution is -2.73. The standard InChI is InChI=1S/C35H52O6/c1-21(2)17-27(36)41-26-19-29(3,4)18-23-22-9-10-25-32(8,31(22,7)13-15-34(23,26)28(37)38)12-11-24-30(5,6)35(39)16-14-33(24,25)20-40-35/h9,17,23-26,39H,10-16,18-20H2,1-8H3,(H,37,38)/t23-,24-,25-,26+,31+,32+,33+,34-,35-/m0/s1. The molecular formula is C35H52O6. The number of aliphatic hydroxyl groups is 1. The Bertz CT molecular complexity index is 1210. The van der Waals surface area contributed by atoms with Crippen LogP contribution in [0.1, 0.15) is 113 Å². The lowest BCUT2D eigenvalue weighted by atomic mass is 9.32. The van der Waals surface area contributed by atoms with Crippen molar-refractivity contribution in [2.45, 2.75) is 125 Å². The highest BCUT2D eigenvalue weighted by atomic mass is 16.6. The summed E-state index contributed by atoms with van der Waals surface area (Å²) in [5.41, 5.74) is 0.486. The Labute approximate surface area is 246 Å². The second-order valence-corrected chi connectivity index (χ2v) is 16.9. The fourth-order valence-electron chi connectivity index (χ4n) is 11.8. The number of hydrogen-bond acceptors (Lipinski definition) is 5. The van der Waals surface area contributed by atoms with Crippen molar-refractivity contribution in [1.29, 1.82) is 0 Å². The number of carboxylic acids is 1. The molecule has 0 radical (unpaired) electrons. The third kappa shape index (κ3) is 3.62. The first-order valence-corrected chi connectivity index (χ1v) is 16.0. The molecule has 2 N–H and O–H groups in total. The summed E-state index contributed by atoms with van der Waals surface area (Å²) >= 11 is 0. The van der Waals surface area contributed by atoms with Crippen molar-refractivity contribution >= 4 is 11.9 Å². The first kappa shape index (κ1) is 29.4. The third-order valence-electron chi connectivity index (χ3n) is 14.1. The summed E-state index contributed by atoms with van der Waals surface area (Å²) in [7, 11) is 0. The van der Waals surface area contributed by atoms with Gasteiger partial charge in [0.05, 0.1) is 6.61 Å². The van der Waals surface area contributed by atoms with Crippen LogP contribution in [0.2, 0.25) is 0 Å². The van der Waals surface area contributed by atoms with Gasteiger partial charge >= 0.3 is 11.9 Å². The van der Waals surface area contributed by atoms with Crippen LogP contribution in [-0.2, 0) is 19.1 Å². The molecule has 5 aliphatic carbocycles. The van der Waals surface area contributed by atoms with Gasteiger partial charge in [-0.3, -0.25) is 4.79 Å². The molecule has 2 saturated heterocycles. The molecule has 2 heterocycles. The number of rotatable bonds is 3. The minimum Gasteiger partial charge on any atom is -0.481 e. The number of allylic oxidation sites excluding steroid dienone is 3. The highest BCUT2D eigenvalue weighted by Gasteiger charge is 2.75. The van der Waals surface area contributed by atoms with E-state index in [0.717, 1.165) is 44.1 Å². The van der Waals surface area contributed by atoms with Crippen LogP contribution in [-0.4, -0.2) is 40.6 Å². The molecule has 2 aliphatic heterocycles. The highest BCUT2D eigenvalue weighted by Crippen LogP contribution is 2.78. The van der Waals surface area contributed by atoms with E-state index in [9.17, 15) is 19.8 Å². The van der Waals surface area contributed by atoms with Gasteiger partial charge in [0.2, 0.25) is 0 Å². The molecule has 0 unspecified atom stereocenters. The van der Waals surface area contributed by atoms with Crippen molar-refractivity contribution in [2.24, 2.45) is 50.2 Å². The predicted molar refractivity (Wildman–Crippen MR) is 157 cm³/mol. The van der Waals surface area contributed by atoms with E-state index in [-0.39, 0.29) is 33.0 Å². The van der Waals surface area contributed by atoms with E-state index in [2.05, 4.69) is 47.6 Å². The molecule has 6 heteroatoms. The van der Waals surface area contributed by atoms with E-state index >= 15 is 0 Å². The molecule has 6 nitrogen and oxygen atoms in total. The second-order valence-electron chi connectivity index (χ2n) is 16.9. The van der Waals surface area contributed by atoms with E-state index in [1.807, 2.05) is 13.8 Å². The molecular weight excluding hydrogens is 516 g/mol. The summed E-state index contributed by atoms with van der Waals surface area (Å²) in [6.45, 7) is 18.1. The van der Waals surface area contributed by atoms with Crippen molar-refractivity contribution in [3.05, 3.63) is 23.3 Å². The van der Waals surface area contributed by atoms with Crippen LogP contribution in [0.15, 0.2) is 23.3 Å². The first-order valence-electron chi connectivity index (χ1n) is 16.0. The smallest absolute Gasteiger partial charge is 0.330 e. The zero-order chi connectivity index (χ0) is 30.0. The molecule has 228 valence electrons. The molecule has 7 rings (SSSR count). The summed E-state index contributed by atoms with van der Waals surface area (Å²) in [5, 5.41) is 22.4. The quantitative estimate of drug-likeness (QED) is 0.215. The van der Waals surface area contributed by atoms with Crippen molar-refractivity contribution < 1.29 is 29.3 Å². The first-order chi connectivity index (χ1) is 18.9. The van der Waals surface area contributed by atoms with Gasteiger partial charge in [0, 0.05) is 29.2 Å². The fourth-order valence-corrected chi connectivity index (χ4v) is 11.8. The molecule has 2 bridgehead atoms. The van der Waals surface area contributed by atoms with Crippen molar-refractivity contribution in [1.82, 2.24) is 0 Å². The maximum atomic E-state index is 13.4. The number of esters is 1. The Morgan fingerprint density at radius 2 is 1.68 bits per heavy atom. The Morgan fingerprint density at radius 3 is 2.29 bits per heavy atom. The van der Waals surface area contributed by atoms with Crippen LogP contribution in [0, 0.1) is 50.2 Å². The minimum absolute atomic E-state index is 0.000304. The number of ether oxygens (including phenoxy) is 2. The second kappa shape index (κ2) is 8.71. The van der Waals surface area contributed by atoms with Gasteiger partial charge in [-0.1, -0.05) is 58.8 Å².